The van der Waals surface area contributed by atoms with E-state index in [2.05, 4.69) is 36.4 Å². The molecule has 0 saturated heterocycles. The number of amides is 2. The molecule has 0 spiro atoms. The van der Waals surface area contributed by atoms with Gasteiger partial charge in [-0.2, -0.15) is 0 Å². The number of anilines is 1. The summed E-state index contributed by atoms with van der Waals surface area (Å²) in [6.07, 6.45) is 3.62. The van der Waals surface area contributed by atoms with Crippen LogP contribution in [0.3, 0.4) is 0 Å². The first kappa shape index (κ1) is 20.6. The first-order chi connectivity index (χ1) is 13.8. The van der Waals surface area contributed by atoms with Crippen molar-refractivity contribution in [2.75, 3.05) is 19.0 Å². The number of rotatable bonds is 6. The molecule has 0 aliphatic carbocycles. The van der Waals surface area contributed by atoms with Crippen molar-refractivity contribution in [1.82, 2.24) is 14.9 Å². The molecule has 2 amide bonds. The maximum atomic E-state index is 12.3. The molecule has 0 fully saturated rings. The van der Waals surface area contributed by atoms with Gasteiger partial charge in [0.1, 0.15) is 5.75 Å². The topological polar surface area (TPSA) is 85.3 Å². The molecule has 3 rings (SSSR count). The molecular weight excluding hydrogens is 388 g/mol. The quantitative estimate of drug-likeness (QED) is 0.646. The van der Waals surface area contributed by atoms with Gasteiger partial charge in [-0.1, -0.05) is 12.1 Å². The van der Waals surface area contributed by atoms with Crippen molar-refractivity contribution in [3.05, 3.63) is 53.7 Å². The maximum Gasteiger partial charge on any atom is 0.253 e. The van der Waals surface area contributed by atoms with Crippen LogP contribution in [-0.4, -0.2) is 35.0 Å². The van der Waals surface area contributed by atoms with Gasteiger partial charge in [-0.3, -0.25) is 9.59 Å². The lowest BCUT2D eigenvalue weighted by Gasteiger charge is -2.20. The van der Waals surface area contributed by atoms with E-state index in [4.69, 9.17) is 4.74 Å². The Morgan fingerprint density at radius 2 is 2.03 bits per heavy atom. The second kappa shape index (κ2) is 8.48. The zero-order chi connectivity index (χ0) is 21.0. The van der Waals surface area contributed by atoms with Crippen LogP contribution in [0.25, 0.3) is 11.3 Å². The third-order valence-electron chi connectivity index (χ3n) is 4.26. The highest BCUT2D eigenvalue weighted by Gasteiger charge is 2.16. The van der Waals surface area contributed by atoms with Gasteiger partial charge in [0.2, 0.25) is 5.91 Å². The molecule has 8 heteroatoms. The molecule has 0 unspecified atom stereocenters. The summed E-state index contributed by atoms with van der Waals surface area (Å²) in [7, 11) is 1.61. The molecule has 0 bridgehead atoms. The van der Waals surface area contributed by atoms with Gasteiger partial charge in [0.15, 0.2) is 5.13 Å². The number of aromatic nitrogens is 2. The van der Waals surface area contributed by atoms with Gasteiger partial charge in [-0.05, 0) is 39.0 Å². The highest BCUT2D eigenvalue weighted by Crippen LogP contribution is 2.27. The van der Waals surface area contributed by atoms with Crippen LogP contribution < -0.4 is 15.4 Å². The molecule has 0 aliphatic rings. The second-order valence-electron chi connectivity index (χ2n) is 7.48. The predicted octanol–water partition coefficient (Wildman–Crippen LogP) is 3.74. The van der Waals surface area contributed by atoms with E-state index in [9.17, 15) is 9.59 Å². The van der Waals surface area contributed by atoms with Gasteiger partial charge in [0.05, 0.1) is 24.9 Å². The Morgan fingerprint density at radius 3 is 2.72 bits per heavy atom. The molecule has 3 aromatic rings. The highest BCUT2D eigenvalue weighted by atomic mass is 32.1. The normalized spacial score (nSPS) is 11.2. The molecule has 1 aromatic carbocycles. The van der Waals surface area contributed by atoms with Gasteiger partial charge in [-0.25, -0.2) is 4.98 Å². The largest absolute Gasteiger partial charge is 0.497 e. The fourth-order valence-corrected chi connectivity index (χ4v) is 3.36. The van der Waals surface area contributed by atoms with E-state index in [-0.39, 0.29) is 23.9 Å². The summed E-state index contributed by atoms with van der Waals surface area (Å²) < 4.78 is 7.18. The minimum absolute atomic E-state index is 0.110. The Bertz CT molecular complexity index is 1020. The van der Waals surface area contributed by atoms with E-state index in [1.807, 2.05) is 40.4 Å². The van der Waals surface area contributed by atoms with Crippen LogP contribution in [0.1, 0.15) is 31.1 Å². The van der Waals surface area contributed by atoms with Gasteiger partial charge in [0, 0.05) is 28.9 Å². The number of nitrogens with one attached hydrogen (secondary N) is 2. The first-order valence-electron chi connectivity index (χ1n) is 9.13. The summed E-state index contributed by atoms with van der Waals surface area (Å²) in [5, 5.41) is 7.68. The maximum absolute atomic E-state index is 12.3. The Morgan fingerprint density at radius 1 is 1.24 bits per heavy atom. The van der Waals surface area contributed by atoms with Crippen LogP contribution in [0.4, 0.5) is 5.13 Å². The minimum atomic E-state index is -0.333. The number of carbonyl (C=O) groups is 2. The predicted molar refractivity (Wildman–Crippen MR) is 114 cm³/mol. The fraction of sp³-hybridized carbons (Fsp3) is 0.286. The SMILES string of the molecule is COc1cccc(-c2csc(NC(=O)CNC(=O)c3ccn(C(C)(C)C)c3)n2)c1. The number of thiazole rings is 1. The zero-order valence-electron chi connectivity index (χ0n) is 16.9. The second-order valence-corrected chi connectivity index (χ2v) is 8.34. The van der Waals surface area contributed by atoms with Crippen LogP contribution in [0.2, 0.25) is 0 Å². The number of methoxy groups -OCH3 is 1. The molecule has 0 atom stereocenters. The van der Waals surface area contributed by atoms with Crippen molar-refractivity contribution in [1.29, 1.82) is 0 Å². The first-order valence-corrected chi connectivity index (χ1v) is 10.0. The Labute approximate surface area is 173 Å². The lowest BCUT2D eigenvalue weighted by molar-refractivity contribution is -0.115. The number of hydrogen-bond donors (Lipinski definition) is 2. The van der Waals surface area contributed by atoms with Gasteiger partial charge in [-0.15, -0.1) is 11.3 Å². The zero-order valence-corrected chi connectivity index (χ0v) is 17.7. The minimum Gasteiger partial charge on any atom is -0.497 e. The molecule has 2 heterocycles. The average molecular weight is 413 g/mol. The van der Waals surface area contributed by atoms with Crippen LogP contribution in [0, 0.1) is 0 Å². The third kappa shape index (κ3) is 5.23. The Kier molecular flexibility index (Phi) is 6.03. The number of carbonyl (C=O) groups excluding carboxylic acids is 2. The van der Waals surface area contributed by atoms with E-state index in [0.29, 0.717) is 10.7 Å². The van der Waals surface area contributed by atoms with Crippen molar-refractivity contribution in [3.63, 3.8) is 0 Å². The Balaban J connectivity index is 1.55. The molecule has 0 radical (unpaired) electrons. The molecule has 2 N–H and O–H groups in total. The van der Waals surface area contributed by atoms with Crippen molar-refractivity contribution >= 4 is 28.3 Å². The van der Waals surface area contributed by atoms with Crippen LogP contribution in [0.15, 0.2) is 48.1 Å². The average Bonchev–Trinajstić information content (AvgIpc) is 3.36. The van der Waals surface area contributed by atoms with E-state index in [0.717, 1.165) is 17.0 Å². The molecule has 152 valence electrons. The third-order valence-corrected chi connectivity index (χ3v) is 5.01. The summed E-state index contributed by atoms with van der Waals surface area (Å²) in [4.78, 5) is 28.9. The lowest BCUT2D eigenvalue weighted by Crippen LogP contribution is -2.32. The number of benzene rings is 1. The van der Waals surface area contributed by atoms with Crippen LogP contribution in [-0.2, 0) is 10.3 Å². The summed E-state index contributed by atoms with van der Waals surface area (Å²) in [6.45, 7) is 6.02. The van der Waals surface area contributed by atoms with Gasteiger partial charge < -0.3 is 19.9 Å². The summed E-state index contributed by atoms with van der Waals surface area (Å²) >= 11 is 1.32. The van der Waals surface area contributed by atoms with Gasteiger partial charge >= 0.3 is 0 Å². The molecular formula is C21H24N4O3S. The summed E-state index contributed by atoms with van der Waals surface area (Å²) in [6, 6.07) is 9.28. The monoisotopic (exact) mass is 412 g/mol. The van der Waals surface area contributed by atoms with Crippen LogP contribution >= 0.6 is 11.3 Å². The number of hydrogen-bond acceptors (Lipinski definition) is 5. The molecule has 0 saturated carbocycles. The van der Waals surface area contributed by atoms with Crippen molar-refractivity contribution in [2.45, 2.75) is 26.3 Å². The molecule has 7 nitrogen and oxygen atoms in total. The molecule has 29 heavy (non-hydrogen) atoms. The molecule has 2 aromatic heterocycles. The summed E-state index contributed by atoms with van der Waals surface area (Å²) in [5.41, 5.74) is 2.05. The van der Waals surface area contributed by atoms with E-state index < -0.39 is 0 Å². The fourth-order valence-electron chi connectivity index (χ4n) is 2.62. The van der Waals surface area contributed by atoms with E-state index in [1.54, 1.807) is 19.4 Å². The van der Waals surface area contributed by atoms with Crippen LogP contribution in [0.5, 0.6) is 5.75 Å². The lowest BCUT2D eigenvalue weighted by atomic mass is 10.1. The van der Waals surface area contributed by atoms with Gasteiger partial charge in [0.25, 0.3) is 5.91 Å². The van der Waals surface area contributed by atoms with Crippen molar-refractivity contribution in [3.8, 4) is 17.0 Å². The number of ether oxygens (including phenoxy) is 1. The van der Waals surface area contributed by atoms with E-state index in [1.165, 1.54) is 11.3 Å². The smallest absolute Gasteiger partial charge is 0.253 e. The molecule has 0 aliphatic heterocycles. The summed E-state index contributed by atoms with van der Waals surface area (Å²) in [5.74, 6) is 0.114. The van der Waals surface area contributed by atoms with E-state index >= 15 is 0 Å². The highest BCUT2D eigenvalue weighted by molar-refractivity contribution is 7.14. The van der Waals surface area contributed by atoms with Crippen molar-refractivity contribution in [2.24, 2.45) is 0 Å². The Hall–Kier alpha value is -3.13. The standard InChI is InChI=1S/C21H24N4O3S/c1-21(2,3)25-9-8-15(12-25)19(27)22-11-18(26)24-20-23-17(13-29-20)14-6-5-7-16(10-14)28-4/h5-10,12-13H,11H2,1-4H3,(H,22,27)(H,23,24,26). The van der Waals surface area contributed by atoms with Crippen molar-refractivity contribution < 1.29 is 14.3 Å². The number of nitrogens with zero attached hydrogens (tertiary/aromatic N) is 2.